The van der Waals surface area contributed by atoms with Crippen molar-refractivity contribution in [1.82, 2.24) is 25.6 Å². The summed E-state index contributed by atoms with van der Waals surface area (Å²) in [6.45, 7) is 3.02. The molecule has 36 heavy (non-hydrogen) atoms. The van der Waals surface area contributed by atoms with Crippen molar-refractivity contribution in [2.45, 2.75) is 44.8 Å². The van der Waals surface area contributed by atoms with Gasteiger partial charge in [0.2, 0.25) is 0 Å². The zero-order valence-corrected chi connectivity index (χ0v) is 20.1. The van der Waals surface area contributed by atoms with Crippen LogP contribution >= 0.6 is 0 Å². The molecular weight excluding hydrogens is 457 g/mol. The van der Waals surface area contributed by atoms with Gasteiger partial charge in [-0.05, 0) is 62.6 Å². The molecule has 5 rings (SSSR count). The summed E-state index contributed by atoms with van der Waals surface area (Å²) in [5.41, 5.74) is 3.05. The van der Waals surface area contributed by atoms with Crippen LogP contribution in [0.25, 0.3) is 22.2 Å². The SMILES string of the molecule is CCOc1ccc(-c2cc(C(=O)N[C@@H]3CC[C@H](NCc4ncc(F)cn4)C3)c3ccccc3n2)cc1. The molecule has 1 amide bonds. The van der Waals surface area contributed by atoms with E-state index in [4.69, 9.17) is 9.72 Å². The average molecular weight is 486 g/mol. The minimum absolute atomic E-state index is 0.0602. The standard InChI is InChI=1S/C28H28FN5O2/c1-2-36-22-11-7-18(8-12-22)26-14-24(23-5-3-4-6-25(23)34-26)28(35)33-21-10-9-20(13-21)30-17-27-31-15-19(29)16-32-27/h3-8,11-12,14-16,20-21,30H,2,9-10,13,17H2,1H3,(H,33,35)/t20-,21+/m0/s1. The summed E-state index contributed by atoms with van der Waals surface area (Å²) >= 11 is 0. The number of amides is 1. The molecule has 2 heterocycles. The fourth-order valence-corrected chi connectivity index (χ4v) is 4.63. The van der Waals surface area contributed by atoms with Crippen molar-refractivity contribution in [3.63, 3.8) is 0 Å². The lowest BCUT2D eigenvalue weighted by Gasteiger charge is -2.16. The van der Waals surface area contributed by atoms with E-state index in [-0.39, 0.29) is 18.0 Å². The summed E-state index contributed by atoms with van der Waals surface area (Å²) in [5, 5.41) is 7.46. The lowest BCUT2D eigenvalue weighted by molar-refractivity contribution is 0.0939. The summed E-state index contributed by atoms with van der Waals surface area (Å²) < 4.78 is 18.6. The first-order valence-corrected chi connectivity index (χ1v) is 12.2. The van der Waals surface area contributed by atoms with Gasteiger partial charge in [0.15, 0.2) is 5.82 Å². The van der Waals surface area contributed by atoms with Gasteiger partial charge in [-0.15, -0.1) is 0 Å². The molecule has 1 aliphatic carbocycles. The van der Waals surface area contributed by atoms with Gasteiger partial charge in [0.1, 0.15) is 11.6 Å². The molecule has 2 N–H and O–H groups in total. The van der Waals surface area contributed by atoms with E-state index in [9.17, 15) is 9.18 Å². The van der Waals surface area contributed by atoms with Crippen molar-refractivity contribution < 1.29 is 13.9 Å². The van der Waals surface area contributed by atoms with Crippen molar-refractivity contribution in [3.05, 3.63) is 84.2 Å². The van der Waals surface area contributed by atoms with Gasteiger partial charge in [-0.25, -0.2) is 19.3 Å². The Kier molecular flexibility index (Phi) is 7.13. The van der Waals surface area contributed by atoms with Crippen LogP contribution in [0.15, 0.2) is 67.0 Å². The van der Waals surface area contributed by atoms with Crippen molar-refractivity contribution >= 4 is 16.8 Å². The minimum atomic E-state index is -0.447. The maximum atomic E-state index is 13.4. The smallest absolute Gasteiger partial charge is 0.252 e. The van der Waals surface area contributed by atoms with E-state index < -0.39 is 5.82 Å². The number of pyridine rings is 1. The van der Waals surface area contributed by atoms with Crippen LogP contribution in [0.4, 0.5) is 4.39 Å². The number of hydrogen-bond donors (Lipinski definition) is 2. The van der Waals surface area contributed by atoms with Gasteiger partial charge in [-0.1, -0.05) is 18.2 Å². The molecule has 0 aliphatic heterocycles. The van der Waals surface area contributed by atoms with Gasteiger partial charge in [0.05, 0.1) is 42.3 Å². The third kappa shape index (κ3) is 5.49. The number of nitrogens with one attached hydrogen (secondary N) is 2. The van der Waals surface area contributed by atoms with Crippen LogP contribution in [0.3, 0.4) is 0 Å². The highest BCUT2D eigenvalue weighted by molar-refractivity contribution is 6.07. The second-order valence-electron chi connectivity index (χ2n) is 8.91. The van der Waals surface area contributed by atoms with E-state index in [2.05, 4.69) is 20.6 Å². The molecule has 0 radical (unpaired) electrons. The number of benzene rings is 2. The Morgan fingerprint density at radius 1 is 1.06 bits per heavy atom. The van der Waals surface area contributed by atoms with Crippen LogP contribution in [0.2, 0.25) is 0 Å². The van der Waals surface area contributed by atoms with Gasteiger partial charge in [0, 0.05) is 23.0 Å². The zero-order valence-electron chi connectivity index (χ0n) is 20.1. The van der Waals surface area contributed by atoms with Crippen LogP contribution in [0.1, 0.15) is 42.4 Å². The third-order valence-corrected chi connectivity index (χ3v) is 6.41. The van der Waals surface area contributed by atoms with Crippen LogP contribution < -0.4 is 15.4 Å². The summed E-state index contributed by atoms with van der Waals surface area (Å²) in [4.78, 5) is 26.2. The molecule has 8 heteroatoms. The number of para-hydroxylation sites is 1. The summed E-state index contributed by atoms with van der Waals surface area (Å²) in [7, 11) is 0. The molecule has 1 saturated carbocycles. The molecule has 0 spiro atoms. The first-order valence-electron chi connectivity index (χ1n) is 12.2. The molecular formula is C28H28FN5O2. The van der Waals surface area contributed by atoms with Crippen molar-refractivity contribution in [2.24, 2.45) is 0 Å². The van der Waals surface area contributed by atoms with E-state index in [1.54, 1.807) is 0 Å². The highest BCUT2D eigenvalue weighted by Gasteiger charge is 2.27. The Morgan fingerprint density at radius 3 is 2.58 bits per heavy atom. The molecule has 0 bridgehead atoms. The van der Waals surface area contributed by atoms with Crippen LogP contribution in [0, 0.1) is 5.82 Å². The van der Waals surface area contributed by atoms with Crippen LogP contribution in [-0.2, 0) is 6.54 Å². The van der Waals surface area contributed by atoms with Gasteiger partial charge < -0.3 is 15.4 Å². The lowest BCUT2D eigenvalue weighted by Crippen LogP contribution is -2.35. The second kappa shape index (κ2) is 10.8. The summed E-state index contributed by atoms with van der Waals surface area (Å²) in [6, 6.07) is 17.6. The van der Waals surface area contributed by atoms with Crippen molar-refractivity contribution in [1.29, 1.82) is 0 Å². The number of carbonyl (C=O) groups is 1. The fourth-order valence-electron chi connectivity index (χ4n) is 4.63. The molecule has 184 valence electrons. The van der Waals surface area contributed by atoms with Gasteiger partial charge in [-0.2, -0.15) is 0 Å². The molecule has 1 aliphatic rings. The summed E-state index contributed by atoms with van der Waals surface area (Å²) in [6.07, 6.45) is 4.95. The van der Waals surface area contributed by atoms with E-state index in [0.717, 1.165) is 47.2 Å². The molecule has 7 nitrogen and oxygen atoms in total. The highest BCUT2D eigenvalue weighted by Crippen LogP contribution is 2.27. The predicted molar refractivity (Wildman–Crippen MR) is 136 cm³/mol. The molecule has 2 atom stereocenters. The first-order chi connectivity index (χ1) is 17.6. The number of fused-ring (bicyclic) bond motifs is 1. The lowest BCUT2D eigenvalue weighted by atomic mass is 10.0. The van der Waals surface area contributed by atoms with E-state index in [1.807, 2.05) is 61.5 Å². The molecule has 1 fully saturated rings. The number of nitrogens with zero attached hydrogens (tertiary/aromatic N) is 3. The maximum absolute atomic E-state index is 13.4. The van der Waals surface area contributed by atoms with Crippen LogP contribution in [0.5, 0.6) is 5.75 Å². The van der Waals surface area contributed by atoms with Gasteiger partial charge >= 0.3 is 0 Å². The van der Waals surface area contributed by atoms with E-state index in [0.29, 0.717) is 24.5 Å². The molecule has 0 saturated heterocycles. The Labute approximate surface area is 209 Å². The summed E-state index contributed by atoms with van der Waals surface area (Å²) in [5.74, 6) is 0.800. The quantitative estimate of drug-likeness (QED) is 0.377. The third-order valence-electron chi connectivity index (χ3n) is 6.41. The Hall–Kier alpha value is -3.91. The van der Waals surface area contributed by atoms with Crippen molar-refractivity contribution in [2.75, 3.05) is 6.61 Å². The largest absolute Gasteiger partial charge is 0.494 e. The Morgan fingerprint density at radius 2 is 1.81 bits per heavy atom. The Balaban J connectivity index is 1.29. The normalized spacial score (nSPS) is 17.3. The van der Waals surface area contributed by atoms with Gasteiger partial charge in [-0.3, -0.25) is 4.79 Å². The number of carbonyl (C=O) groups excluding carboxylic acids is 1. The number of ether oxygens (including phenoxy) is 1. The van der Waals surface area contributed by atoms with Crippen molar-refractivity contribution in [3.8, 4) is 17.0 Å². The minimum Gasteiger partial charge on any atom is -0.494 e. The second-order valence-corrected chi connectivity index (χ2v) is 8.91. The molecule has 2 aromatic carbocycles. The zero-order chi connectivity index (χ0) is 24.9. The number of halogens is 1. The topological polar surface area (TPSA) is 89.0 Å². The number of hydrogen-bond acceptors (Lipinski definition) is 6. The monoisotopic (exact) mass is 485 g/mol. The number of aromatic nitrogens is 3. The number of rotatable bonds is 8. The Bertz CT molecular complexity index is 1340. The molecule has 4 aromatic rings. The van der Waals surface area contributed by atoms with E-state index >= 15 is 0 Å². The van der Waals surface area contributed by atoms with Gasteiger partial charge in [0.25, 0.3) is 5.91 Å². The van der Waals surface area contributed by atoms with E-state index in [1.165, 1.54) is 12.4 Å². The molecule has 2 aromatic heterocycles. The average Bonchev–Trinajstić information content (AvgIpc) is 3.35. The maximum Gasteiger partial charge on any atom is 0.252 e. The predicted octanol–water partition coefficient (Wildman–Crippen LogP) is 4.67. The molecule has 0 unspecified atom stereocenters. The van der Waals surface area contributed by atoms with Crippen LogP contribution in [-0.4, -0.2) is 39.5 Å². The highest BCUT2D eigenvalue weighted by atomic mass is 19.1. The first kappa shape index (κ1) is 23.8. The fraction of sp³-hybridized carbons (Fsp3) is 0.286.